The molecule has 1 atom stereocenters. The zero-order valence-corrected chi connectivity index (χ0v) is 12.6. The molecule has 102 valence electrons. The smallest absolute Gasteiger partial charge is 0.0453 e. The third-order valence-electron chi connectivity index (χ3n) is 2.85. The number of halogens is 1. The van der Waals surface area contributed by atoms with Gasteiger partial charge in [-0.1, -0.05) is 37.6 Å². The molecule has 0 aromatic heterocycles. The van der Waals surface area contributed by atoms with Crippen molar-refractivity contribution in [1.82, 2.24) is 10.6 Å². The number of hydrogen-bond acceptors (Lipinski definition) is 2. The minimum atomic E-state index is 0.445. The van der Waals surface area contributed by atoms with E-state index in [2.05, 4.69) is 50.5 Å². The Bertz CT molecular complexity index is 364. The van der Waals surface area contributed by atoms with Crippen molar-refractivity contribution in [3.05, 3.63) is 34.3 Å². The molecule has 1 aromatic rings. The molecule has 0 saturated carbocycles. The van der Waals surface area contributed by atoms with Crippen LogP contribution >= 0.6 is 11.6 Å². The van der Waals surface area contributed by atoms with Crippen molar-refractivity contribution in [2.45, 2.75) is 40.3 Å². The second-order valence-corrected chi connectivity index (χ2v) is 5.84. The van der Waals surface area contributed by atoms with Crippen LogP contribution in [0.3, 0.4) is 0 Å². The Hall–Kier alpha value is -0.570. The predicted octanol–water partition coefficient (Wildman–Crippen LogP) is 3.37. The summed E-state index contributed by atoms with van der Waals surface area (Å²) in [6, 6.07) is 6.66. The maximum Gasteiger partial charge on any atom is 0.0453 e. The van der Waals surface area contributed by atoms with Crippen LogP contribution in [0.5, 0.6) is 0 Å². The minimum absolute atomic E-state index is 0.445. The highest BCUT2D eigenvalue weighted by Crippen LogP contribution is 2.17. The lowest BCUT2D eigenvalue weighted by molar-refractivity contribution is 0.472. The monoisotopic (exact) mass is 268 g/mol. The van der Waals surface area contributed by atoms with Crippen LogP contribution in [0.15, 0.2) is 18.2 Å². The molecule has 2 nitrogen and oxygen atoms in total. The van der Waals surface area contributed by atoms with Crippen molar-refractivity contribution in [1.29, 1.82) is 0 Å². The lowest BCUT2D eigenvalue weighted by atomic mass is 10.1. The maximum atomic E-state index is 6.20. The molecule has 1 unspecified atom stereocenters. The maximum absolute atomic E-state index is 6.20. The Morgan fingerprint density at radius 3 is 2.50 bits per heavy atom. The summed E-state index contributed by atoms with van der Waals surface area (Å²) in [6.07, 6.45) is 0. The van der Waals surface area contributed by atoms with Gasteiger partial charge < -0.3 is 10.6 Å². The summed E-state index contributed by atoms with van der Waals surface area (Å²) >= 11 is 6.20. The van der Waals surface area contributed by atoms with Crippen molar-refractivity contribution in [2.24, 2.45) is 5.92 Å². The first-order valence-corrected chi connectivity index (χ1v) is 7.06. The Morgan fingerprint density at radius 1 is 1.17 bits per heavy atom. The van der Waals surface area contributed by atoms with Gasteiger partial charge in [-0.25, -0.2) is 0 Å². The molecular formula is C15H25ClN2. The number of hydrogen-bond donors (Lipinski definition) is 2. The van der Waals surface area contributed by atoms with Crippen molar-refractivity contribution < 1.29 is 0 Å². The number of benzene rings is 1. The Balaban J connectivity index is 2.31. The van der Waals surface area contributed by atoms with Gasteiger partial charge in [0.2, 0.25) is 0 Å². The van der Waals surface area contributed by atoms with Gasteiger partial charge in [0.15, 0.2) is 0 Å². The summed E-state index contributed by atoms with van der Waals surface area (Å²) < 4.78 is 0. The van der Waals surface area contributed by atoms with E-state index < -0.39 is 0 Å². The fourth-order valence-electron chi connectivity index (χ4n) is 1.74. The molecule has 2 N–H and O–H groups in total. The first-order chi connectivity index (χ1) is 8.49. The van der Waals surface area contributed by atoms with Gasteiger partial charge in [-0.15, -0.1) is 0 Å². The summed E-state index contributed by atoms with van der Waals surface area (Å²) in [4.78, 5) is 0. The molecular weight excluding hydrogens is 244 g/mol. The van der Waals surface area contributed by atoms with E-state index in [9.17, 15) is 0 Å². The molecule has 0 bridgehead atoms. The van der Waals surface area contributed by atoms with Gasteiger partial charge >= 0.3 is 0 Å². The normalized spacial score (nSPS) is 13.0. The molecule has 0 amide bonds. The SMILES string of the molecule is Cc1ccc(CNC(C)CNCC(C)C)c(Cl)c1. The van der Waals surface area contributed by atoms with Crippen LogP contribution < -0.4 is 10.6 Å². The van der Waals surface area contributed by atoms with Crippen molar-refractivity contribution in [3.63, 3.8) is 0 Å². The zero-order valence-electron chi connectivity index (χ0n) is 11.9. The van der Waals surface area contributed by atoms with Crippen molar-refractivity contribution in [3.8, 4) is 0 Å². The Labute approximate surface area is 116 Å². The van der Waals surface area contributed by atoms with Gasteiger partial charge in [0.25, 0.3) is 0 Å². The summed E-state index contributed by atoms with van der Waals surface area (Å²) in [5.41, 5.74) is 2.37. The molecule has 0 heterocycles. The van der Waals surface area contributed by atoms with Gasteiger partial charge in [-0.05, 0) is 43.5 Å². The lowest BCUT2D eigenvalue weighted by Gasteiger charge is -2.16. The zero-order chi connectivity index (χ0) is 13.5. The van der Waals surface area contributed by atoms with Crippen LogP contribution in [0.1, 0.15) is 31.9 Å². The largest absolute Gasteiger partial charge is 0.315 e. The van der Waals surface area contributed by atoms with E-state index in [1.807, 2.05) is 6.07 Å². The lowest BCUT2D eigenvalue weighted by Crippen LogP contribution is -2.37. The standard InChI is InChI=1S/C15H25ClN2/c1-11(2)8-17-9-13(4)18-10-14-6-5-12(3)7-15(14)16/h5-7,11,13,17-18H,8-10H2,1-4H3. The average Bonchev–Trinajstić information content (AvgIpc) is 2.27. The highest BCUT2D eigenvalue weighted by atomic mass is 35.5. The first kappa shape index (κ1) is 15.5. The number of aryl methyl sites for hydroxylation is 1. The van der Waals surface area contributed by atoms with E-state index in [0.29, 0.717) is 12.0 Å². The average molecular weight is 269 g/mol. The van der Waals surface area contributed by atoms with E-state index in [-0.39, 0.29) is 0 Å². The molecule has 0 saturated heterocycles. The highest BCUT2D eigenvalue weighted by Gasteiger charge is 2.04. The second kappa shape index (κ2) is 7.78. The highest BCUT2D eigenvalue weighted by molar-refractivity contribution is 6.31. The summed E-state index contributed by atoms with van der Waals surface area (Å²) in [5, 5.41) is 7.79. The van der Waals surface area contributed by atoms with Gasteiger partial charge in [-0.2, -0.15) is 0 Å². The number of rotatable bonds is 7. The van der Waals surface area contributed by atoms with E-state index >= 15 is 0 Å². The second-order valence-electron chi connectivity index (χ2n) is 5.43. The first-order valence-electron chi connectivity index (χ1n) is 6.68. The summed E-state index contributed by atoms with van der Waals surface area (Å²) in [6.45, 7) is 11.6. The van der Waals surface area contributed by atoms with Crippen LogP contribution in [-0.2, 0) is 6.54 Å². The number of nitrogens with one attached hydrogen (secondary N) is 2. The Kier molecular flexibility index (Phi) is 6.69. The minimum Gasteiger partial charge on any atom is -0.315 e. The summed E-state index contributed by atoms with van der Waals surface area (Å²) in [7, 11) is 0. The van der Waals surface area contributed by atoms with Crippen LogP contribution in [-0.4, -0.2) is 19.1 Å². The molecule has 1 aromatic carbocycles. The third-order valence-corrected chi connectivity index (χ3v) is 3.20. The molecule has 0 aliphatic carbocycles. The molecule has 0 radical (unpaired) electrons. The molecule has 0 aliphatic heterocycles. The van der Waals surface area contributed by atoms with Gasteiger partial charge in [0.1, 0.15) is 0 Å². The molecule has 0 aliphatic rings. The van der Waals surface area contributed by atoms with Gasteiger partial charge in [0, 0.05) is 24.2 Å². The van der Waals surface area contributed by atoms with E-state index in [0.717, 1.165) is 30.2 Å². The van der Waals surface area contributed by atoms with Gasteiger partial charge in [-0.3, -0.25) is 0 Å². The predicted molar refractivity (Wildman–Crippen MR) is 80.2 cm³/mol. The Morgan fingerprint density at radius 2 is 1.89 bits per heavy atom. The van der Waals surface area contributed by atoms with Crippen molar-refractivity contribution >= 4 is 11.6 Å². The van der Waals surface area contributed by atoms with Crippen LogP contribution in [0, 0.1) is 12.8 Å². The quantitative estimate of drug-likeness (QED) is 0.792. The van der Waals surface area contributed by atoms with Gasteiger partial charge in [0.05, 0.1) is 0 Å². The van der Waals surface area contributed by atoms with E-state index in [1.165, 1.54) is 5.56 Å². The van der Waals surface area contributed by atoms with Crippen molar-refractivity contribution in [2.75, 3.05) is 13.1 Å². The van der Waals surface area contributed by atoms with Crippen LogP contribution in [0.2, 0.25) is 5.02 Å². The topological polar surface area (TPSA) is 24.1 Å². The molecule has 3 heteroatoms. The molecule has 0 spiro atoms. The fraction of sp³-hybridized carbons (Fsp3) is 0.600. The molecule has 1 rings (SSSR count). The van der Waals surface area contributed by atoms with Crippen LogP contribution in [0.4, 0.5) is 0 Å². The molecule has 0 fully saturated rings. The fourth-order valence-corrected chi connectivity index (χ4v) is 2.04. The van der Waals surface area contributed by atoms with E-state index in [4.69, 9.17) is 11.6 Å². The van der Waals surface area contributed by atoms with E-state index in [1.54, 1.807) is 0 Å². The molecule has 18 heavy (non-hydrogen) atoms. The summed E-state index contributed by atoms with van der Waals surface area (Å²) in [5.74, 6) is 0.698. The third kappa shape index (κ3) is 5.85. The van der Waals surface area contributed by atoms with Crippen LogP contribution in [0.25, 0.3) is 0 Å².